The summed E-state index contributed by atoms with van der Waals surface area (Å²) >= 11 is 3.37. The van der Waals surface area contributed by atoms with Crippen molar-refractivity contribution >= 4 is 39.4 Å². The van der Waals surface area contributed by atoms with Crippen LogP contribution in [0.15, 0.2) is 53.0 Å². The normalized spacial score (nSPS) is 17.8. The lowest BCUT2D eigenvalue weighted by Crippen LogP contribution is -2.57. The summed E-state index contributed by atoms with van der Waals surface area (Å²) < 4.78 is 46.4. The molecule has 0 radical (unpaired) electrons. The Morgan fingerprint density at radius 1 is 1.16 bits per heavy atom. The summed E-state index contributed by atoms with van der Waals surface area (Å²) in [6, 6.07) is 13.7. The Balaban J connectivity index is 0.000000505. The topological polar surface area (TPSA) is 102 Å². The number of amides is 2. The number of piperidine rings is 1. The zero-order chi connectivity index (χ0) is 28.1. The van der Waals surface area contributed by atoms with E-state index in [1.165, 1.54) is 12.1 Å². The van der Waals surface area contributed by atoms with Gasteiger partial charge >= 0.3 is 12.1 Å². The Morgan fingerprint density at radius 2 is 1.76 bits per heavy atom. The highest BCUT2D eigenvalue weighted by molar-refractivity contribution is 9.10. The third-order valence-electron chi connectivity index (χ3n) is 6.40. The molecule has 2 saturated heterocycles. The van der Waals surface area contributed by atoms with Gasteiger partial charge in [0.15, 0.2) is 0 Å². The Hall–Kier alpha value is -3.19. The molecule has 2 amide bonds. The monoisotopic (exact) mass is 602 g/mol. The van der Waals surface area contributed by atoms with Crippen LogP contribution >= 0.6 is 15.9 Å². The van der Waals surface area contributed by atoms with Crippen molar-refractivity contribution < 1.29 is 37.1 Å². The number of hydrogen-bond donors (Lipinski definition) is 3. The largest absolute Gasteiger partial charge is 0.490 e. The molecule has 8 nitrogen and oxygen atoms in total. The molecule has 0 aliphatic carbocycles. The molecule has 1 spiro atoms. The van der Waals surface area contributed by atoms with E-state index in [1.54, 1.807) is 18.2 Å². The highest BCUT2D eigenvalue weighted by Gasteiger charge is 2.50. The van der Waals surface area contributed by atoms with Gasteiger partial charge in [0, 0.05) is 41.4 Å². The summed E-state index contributed by atoms with van der Waals surface area (Å²) in [6.45, 7) is 4.56. The van der Waals surface area contributed by atoms with E-state index in [-0.39, 0.29) is 23.7 Å². The first-order valence-corrected chi connectivity index (χ1v) is 12.5. The van der Waals surface area contributed by atoms with Gasteiger partial charge in [0.1, 0.15) is 11.4 Å². The first kappa shape index (κ1) is 29.4. The molecule has 2 aromatic rings. The summed E-state index contributed by atoms with van der Waals surface area (Å²) in [6.07, 6.45) is -3.77. The molecule has 38 heavy (non-hydrogen) atoms. The third-order valence-corrected chi connectivity index (χ3v) is 6.93. The van der Waals surface area contributed by atoms with Crippen molar-refractivity contribution in [2.75, 3.05) is 31.2 Å². The number of carbonyl (C=O) groups excluding carboxylic acids is 2. The number of carboxylic acids is 1. The van der Waals surface area contributed by atoms with Crippen molar-refractivity contribution in [1.82, 2.24) is 15.5 Å². The van der Waals surface area contributed by atoms with Crippen molar-refractivity contribution in [1.29, 1.82) is 0 Å². The summed E-state index contributed by atoms with van der Waals surface area (Å²) in [5.41, 5.74) is 0.705. The number of carbonyl (C=O) groups is 3. The molecule has 0 bridgehead atoms. The van der Waals surface area contributed by atoms with E-state index >= 15 is 0 Å². The Labute approximate surface area is 225 Å². The molecular weight excluding hydrogens is 576 g/mol. The lowest BCUT2D eigenvalue weighted by atomic mass is 9.85. The third kappa shape index (κ3) is 7.22. The van der Waals surface area contributed by atoms with Crippen molar-refractivity contribution in [2.45, 2.75) is 37.5 Å². The predicted molar refractivity (Wildman–Crippen MR) is 135 cm³/mol. The van der Waals surface area contributed by atoms with Crippen LogP contribution in [0.1, 0.15) is 30.1 Å². The van der Waals surface area contributed by atoms with E-state index in [0.29, 0.717) is 31.6 Å². The molecule has 13 heteroatoms. The zero-order valence-corrected chi connectivity index (χ0v) is 22.0. The average Bonchev–Trinajstić information content (AvgIpc) is 3.16. The first-order valence-electron chi connectivity index (χ1n) is 11.7. The maximum absolute atomic E-state index is 13.7. The van der Waals surface area contributed by atoms with Crippen LogP contribution in [0.4, 0.5) is 23.2 Å². The number of halogens is 5. The number of likely N-dealkylation sites (tertiary alicyclic amines) is 1. The van der Waals surface area contributed by atoms with Crippen LogP contribution in [0.2, 0.25) is 0 Å². The molecule has 0 unspecified atom stereocenters. The molecule has 206 valence electrons. The van der Waals surface area contributed by atoms with E-state index in [4.69, 9.17) is 9.90 Å². The van der Waals surface area contributed by atoms with Gasteiger partial charge < -0.3 is 25.5 Å². The van der Waals surface area contributed by atoms with Gasteiger partial charge in [0.2, 0.25) is 5.91 Å². The smallest absolute Gasteiger partial charge is 0.475 e. The highest BCUT2D eigenvalue weighted by Crippen LogP contribution is 2.36. The minimum Gasteiger partial charge on any atom is -0.475 e. The fourth-order valence-electron chi connectivity index (χ4n) is 4.52. The minimum absolute atomic E-state index is 0.00741. The van der Waals surface area contributed by atoms with E-state index in [0.717, 1.165) is 23.2 Å². The summed E-state index contributed by atoms with van der Waals surface area (Å²) in [4.78, 5) is 38.4. The highest BCUT2D eigenvalue weighted by atomic mass is 79.9. The van der Waals surface area contributed by atoms with E-state index in [9.17, 15) is 27.2 Å². The Bertz CT molecular complexity index is 1150. The standard InChI is InChI=1S/C23H26BrFN4O2.C2HF3O2/c1-16(27-21(30)17-5-7-18(24)8-6-17)14-28-11-9-23(10-12-28)22(31)26-15-29(23)20-4-2-3-19(25)13-20;3-2(4,5)1(6)7/h2-8,13,16H,9-12,14-15H2,1H3,(H,26,31)(H,27,30);(H,6,7)/t16-;/m0./s1. The number of nitrogens with zero attached hydrogens (tertiary/aromatic N) is 2. The number of nitrogens with one attached hydrogen (secondary N) is 2. The number of carboxylic acid groups (broad SMARTS) is 1. The van der Waals surface area contributed by atoms with Crippen LogP contribution in [-0.4, -0.2) is 71.9 Å². The van der Waals surface area contributed by atoms with Crippen LogP contribution in [0.5, 0.6) is 0 Å². The second-order valence-electron chi connectivity index (χ2n) is 9.09. The van der Waals surface area contributed by atoms with Crippen LogP contribution in [0.25, 0.3) is 0 Å². The quantitative estimate of drug-likeness (QED) is 0.450. The summed E-state index contributed by atoms with van der Waals surface area (Å²) in [5.74, 6) is -3.15. The summed E-state index contributed by atoms with van der Waals surface area (Å²) in [7, 11) is 0. The van der Waals surface area contributed by atoms with Crippen molar-refractivity contribution in [2.24, 2.45) is 0 Å². The molecule has 2 aliphatic heterocycles. The molecule has 2 aliphatic rings. The maximum atomic E-state index is 13.7. The van der Waals surface area contributed by atoms with Crippen molar-refractivity contribution in [3.8, 4) is 0 Å². The number of benzene rings is 2. The van der Waals surface area contributed by atoms with Crippen LogP contribution in [-0.2, 0) is 9.59 Å². The number of alkyl halides is 3. The van der Waals surface area contributed by atoms with Gasteiger partial charge in [-0.25, -0.2) is 9.18 Å². The Kier molecular flexibility index (Phi) is 9.36. The van der Waals surface area contributed by atoms with E-state index in [2.05, 4.69) is 31.5 Å². The molecule has 2 aromatic carbocycles. The number of hydrogen-bond acceptors (Lipinski definition) is 5. The molecular formula is C25H27BrF4N4O4. The van der Waals surface area contributed by atoms with Gasteiger partial charge in [0.05, 0.1) is 6.67 Å². The van der Waals surface area contributed by atoms with Gasteiger partial charge in [0.25, 0.3) is 5.91 Å². The summed E-state index contributed by atoms with van der Waals surface area (Å²) in [5, 5.41) is 13.1. The first-order chi connectivity index (χ1) is 17.8. The molecule has 4 rings (SSSR count). The van der Waals surface area contributed by atoms with Crippen LogP contribution in [0, 0.1) is 5.82 Å². The molecule has 3 N–H and O–H groups in total. The minimum atomic E-state index is -5.08. The van der Waals surface area contributed by atoms with Gasteiger partial charge in [-0.15, -0.1) is 0 Å². The van der Waals surface area contributed by atoms with E-state index < -0.39 is 17.7 Å². The fraction of sp³-hybridized carbons (Fsp3) is 0.400. The number of aliphatic carboxylic acids is 1. The van der Waals surface area contributed by atoms with Gasteiger partial charge in [-0.3, -0.25) is 9.59 Å². The van der Waals surface area contributed by atoms with Crippen molar-refractivity contribution in [3.63, 3.8) is 0 Å². The average molecular weight is 603 g/mol. The molecule has 0 aromatic heterocycles. The fourth-order valence-corrected chi connectivity index (χ4v) is 4.78. The van der Waals surface area contributed by atoms with Gasteiger partial charge in [-0.2, -0.15) is 13.2 Å². The lowest BCUT2D eigenvalue weighted by molar-refractivity contribution is -0.192. The van der Waals surface area contributed by atoms with Crippen molar-refractivity contribution in [3.05, 3.63) is 64.4 Å². The SMILES string of the molecule is C[C@@H](CN1CCC2(CC1)C(=O)NCN2c1cccc(F)c1)NC(=O)c1ccc(Br)cc1.O=C(O)C(F)(F)F. The van der Waals surface area contributed by atoms with Gasteiger partial charge in [-0.05, 0) is 62.2 Å². The molecule has 1 atom stereocenters. The van der Waals surface area contributed by atoms with Crippen LogP contribution < -0.4 is 15.5 Å². The van der Waals surface area contributed by atoms with Crippen LogP contribution in [0.3, 0.4) is 0 Å². The number of anilines is 1. The second-order valence-corrected chi connectivity index (χ2v) is 10.0. The van der Waals surface area contributed by atoms with Gasteiger partial charge in [-0.1, -0.05) is 22.0 Å². The predicted octanol–water partition coefficient (Wildman–Crippen LogP) is 3.77. The second kappa shape index (κ2) is 12.1. The van der Waals surface area contributed by atoms with E-state index in [1.807, 2.05) is 30.0 Å². The lowest BCUT2D eigenvalue weighted by Gasteiger charge is -2.43. The molecule has 2 heterocycles. The molecule has 2 fully saturated rings. The zero-order valence-electron chi connectivity index (χ0n) is 20.4. The number of rotatable bonds is 5. The Morgan fingerprint density at radius 3 is 2.32 bits per heavy atom. The molecule has 0 saturated carbocycles. The maximum Gasteiger partial charge on any atom is 0.490 e.